The summed E-state index contributed by atoms with van der Waals surface area (Å²) >= 11 is 6.24. The highest BCUT2D eigenvalue weighted by Gasteiger charge is 2.22. The summed E-state index contributed by atoms with van der Waals surface area (Å²) in [6, 6.07) is 8.99. The molecule has 0 aliphatic heterocycles. The molecule has 21 heavy (non-hydrogen) atoms. The molecule has 0 radical (unpaired) electrons. The Bertz CT molecular complexity index is 611. The van der Waals surface area contributed by atoms with Crippen molar-refractivity contribution in [2.24, 2.45) is 0 Å². The third kappa shape index (κ3) is 3.36. The van der Waals surface area contributed by atoms with Crippen LogP contribution in [0.2, 0.25) is 5.02 Å². The first-order valence-electron chi connectivity index (χ1n) is 7.18. The summed E-state index contributed by atoms with van der Waals surface area (Å²) in [5, 5.41) is 12.3. The Morgan fingerprint density at radius 3 is 2.86 bits per heavy atom. The van der Waals surface area contributed by atoms with Crippen molar-refractivity contribution in [3.63, 3.8) is 0 Å². The standard InChI is InChI=1S/C15H19ClN4O/c1-10(12-5-3-4-6-13(12)16)20(2)15-19-18-14(21-15)9-17-11-7-8-11/h3-6,10-11,17H,7-9H2,1-2H3. The summed E-state index contributed by atoms with van der Waals surface area (Å²) < 4.78 is 5.70. The number of hydrogen-bond donors (Lipinski definition) is 1. The molecule has 0 saturated heterocycles. The van der Waals surface area contributed by atoms with Crippen LogP contribution in [0.5, 0.6) is 0 Å². The predicted octanol–water partition coefficient (Wildman–Crippen LogP) is 3.17. The first kappa shape index (κ1) is 14.4. The van der Waals surface area contributed by atoms with Gasteiger partial charge in [-0.1, -0.05) is 34.9 Å². The highest BCUT2D eigenvalue weighted by Crippen LogP contribution is 2.29. The summed E-state index contributed by atoms with van der Waals surface area (Å²) in [4.78, 5) is 1.94. The highest BCUT2D eigenvalue weighted by atomic mass is 35.5. The number of nitrogens with one attached hydrogen (secondary N) is 1. The van der Waals surface area contributed by atoms with Crippen LogP contribution in [0.3, 0.4) is 0 Å². The zero-order valence-electron chi connectivity index (χ0n) is 12.2. The molecule has 1 atom stereocenters. The van der Waals surface area contributed by atoms with Crippen LogP contribution < -0.4 is 10.2 Å². The minimum absolute atomic E-state index is 0.0587. The maximum atomic E-state index is 6.24. The van der Waals surface area contributed by atoms with E-state index < -0.39 is 0 Å². The molecule has 1 saturated carbocycles. The van der Waals surface area contributed by atoms with E-state index in [4.69, 9.17) is 16.0 Å². The number of halogens is 1. The molecule has 5 nitrogen and oxygen atoms in total. The van der Waals surface area contributed by atoms with Crippen LogP contribution in [0.15, 0.2) is 28.7 Å². The number of hydrogen-bond acceptors (Lipinski definition) is 5. The van der Waals surface area contributed by atoms with Crippen molar-refractivity contribution in [1.82, 2.24) is 15.5 Å². The average molecular weight is 307 g/mol. The molecule has 1 fully saturated rings. The SMILES string of the molecule is CC(c1ccccc1Cl)N(C)c1nnc(CNC2CC2)o1. The van der Waals surface area contributed by atoms with Gasteiger partial charge in [-0.05, 0) is 31.4 Å². The largest absolute Gasteiger partial charge is 0.407 e. The Morgan fingerprint density at radius 1 is 1.38 bits per heavy atom. The highest BCUT2D eigenvalue weighted by molar-refractivity contribution is 6.31. The molecule has 1 unspecified atom stereocenters. The summed E-state index contributed by atoms with van der Waals surface area (Å²) in [6.45, 7) is 2.69. The topological polar surface area (TPSA) is 54.2 Å². The van der Waals surface area contributed by atoms with E-state index in [0.29, 0.717) is 24.5 Å². The summed E-state index contributed by atoms with van der Waals surface area (Å²) in [5.74, 6) is 0.620. The normalized spacial score (nSPS) is 16.0. The fraction of sp³-hybridized carbons (Fsp3) is 0.467. The lowest BCUT2D eigenvalue weighted by Crippen LogP contribution is -2.22. The molecule has 1 aliphatic carbocycles. The molecule has 1 N–H and O–H groups in total. The zero-order chi connectivity index (χ0) is 14.8. The molecule has 3 rings (SSSR count). The Balaban J connectivity index is 1.69. The number of rotatable bonds is 6. The minimum atomic E-state index is 0.0587. The quantitative estimate of drug-likeness (QED) is 0.888. The lowest BCUT2D eigenvalue weighted by atomic mass is 10.1. The van der Waals surface area contributed by atoms with Crippen LogP contribution in [-0.2, 0) is 6.54 Å². The Morgan fingerprint density at radius 2 is 2.14 bits per heavy atom. The number of nitrogens with zero attached hydrogens (tertiary/aromatic N) is 3. The van der Waals surface area contributed by atoms with Crippen molar-refractivity contribution in [1.29, 1.82) is 0 Å². The molecule has 1 aromatic heterocycles. The van der Waals surface area contributed by atoms with Gasteiger partial charge >= 0.3 is 6.01 Å². The van der Waals surface area contributed by atoms with Gasteiger partial charge in [0, 0.05) is 18.1 Å². The molecule has 2 aromatic rings. The molecular weight excluding hydrogens is 288 g/mol. The first-order valence-corrected chi connectivity index (χ1v) is 7.56. The molecular formula is C15H19ClN4O. The van der Waals surface area contributed by atoms with E-state index in [1.54, 1.807) is 0 Å². The monoisotopic (exact) mass is 306 g/mol. The van der Waals surface area contributed by atoms with Crippen molar-refractivity contribution >= 4 is 17.6 Å². The maximum Gasteiger partial charge on any atom is 0.318 e. The van der Waals surface area contributed by atoms with Crippen molar-refractivity contribution in [3.8, 4) is 0 Å². The minimum Gasteiger partial charge on any atom is -0.407 e. The van der Waals surface area contributed by atoms with E-state index in [2.05, 4.69) is 22.4 Å². The van der Waals surface area contributed by atoms with Crippen LogP contribution >= 0.6 is 11.6 Å². The van der Waals surface area contributed by atoms with E-state index in [-0.39, 0.29) is 6.04 Å². The Labute approximate surface area is 129 Å². The van der Waals surface area contributed by atoms with Crippen molar-refractivity contribution < 1.29 is 4.42 Å². The smallest absolute Gasteiger partial charge is 0.318 e. The number of benzene rings is 1. The lowest BCUT2D eigenvalue weighted by Gasteiger charge is -2.23. The molecule has 1 aliphatic rings. The van der Waals surface area contributed by atoms with Crippen LogP contribution in [0.25, 0.3) is 0 Å². The van der Waals surface area contributed by atoms with Crippen molar-refractivity contribution in [2.75, 3.05) is 11.9 Å². The third-order valence-electron chi connectivity index (χ3n) is 3.81. The van der Waals surface area contributed by atoms with Crippen molar-refractivity contribution in [2.45, 2.75) is 38.4 Å². The molecule has 1 heterocycles. The van der Waals surface area contributed by atoms with Gasteiger partial charge in [0.2, 0.25) is 5.89 Å². The zero-order valence-corrected chi connectivity index (χ0v) is 13.0. The summed E-state index contributed by atoms with van der Waals surface area (Å²) in [7, 11) is 1.93. The van der Waals surface area contributed by atoms with E-state index in [9.17, 15) is 0 Å². The van der Waals surface area contributed by atoms with Crippen LogP contribution in [-0.4, -0.2) is 23.3 Å². The van der Waals surface area contributed by atoms with Crippen LogP contribution in [0.4, 0.5) is 6.01 Å². The van der Waals surface area contributed by atoms with Gasteiger partial charge in [0.25, 0.3) is 0 Å². The average Bonchev–Trinajstić information content (AvgIpc) is 3.21. The second-order valence-corrected chi connectivity index (χ2v) is 5.85. The molecule has 112 valence electrons. The summed E-state index contributed by atoms with van der Waals surface area (Å²) in [5.41, 5.74) is 1.04. The van der Waals surface area contributed by atoms with Gasteiger partial charge < -0.3 is 14.6 Å². The number of aromatic nitrogens is 2. The second-order valence-electron chi connectivity index (χ2n) is 5.44. The van der Waals surface area contributed by atoms with E-state index in [1.807, 2.05) is 36.2 Å². The van der Waals surface area contributed by atoms with E-state index >= 15 is 0 Å². The van der Waals surface area contributed by atoms with Crippen molar-refractivity contribution in [3.05, 3.63) is 40.7 Å². The molecule has 0 spiro atoms. The van der Waals surface area contributed by atoms with Gasteiger partial charge in [0.1, 0.15) is 0 Å². The van der Waals surface area contributed by atoms with Gasteiger partial charge in [-0.3, -0.25) is 0 Å². The summed E-state index contributed by atoms with van der Waals surface area (Å²) in [6.07, 6.45) is 2.48. The molecule has 0 amide bonds. The van der Waals surface area contributed by atoms with E-state index in [0.717, 1.165) is 10.6 Å². The van der Waals surface area contributed by atoms with Crippen LogP contribution in [0.1, 0.15) is 37.3 Å². The van der Waals surface area contributed by atoms with Gasteiger partial charge in [-0.2, -0.15) is 0 Å². The Kier molecular flexibility index (Phi) is 4.12. The second kappa shape index (κ2) is 6.03. The molecule has 1 aromatic carbocycles. The first-order chi connectivity index (χ1) is 10.1. The van der Waals surface area contributed by atoms with Gasteiger partial charge in [0.05, 0.1) is 12.6 Å². The fourth-order valence-corrected chi connectivity index (χ4v) is 2.46. The van der Waals surface area contributed by atoms with Gasteiger partial charge in [0.15, 0.2) is 0 Å². The third-order valence-corrected chi connectivity index (χ3v) is 4.16. The fourth-order valence-electron chi connectivity index (χ4n) is 2.17. The maximum absolute atomic E-state index is 6.24. The molecule has 0 bridgehead atoms. The Hall–Kier alpha value is -1.59. The number of anilines is 1. The predicted molar refractivity (Wildman–Crippen MR) is 82.4 cm³/mol. The molecule has 6 heteroatoms. The van der Waals surface area contributed by atoms with Crippen LogP contribution in [0, 0.1) is 0 Å². The van der Waals surface area contributed by atoms with Gasteiger partial charge in [-0.25, -0.2) is 0 Å². The van der Waals surface area contributed by atoms with E-state index in [1.165, 1.54) is 12.8 Å². The van der Waals surface area contributed by atoms with Gasteiger partial charge in [-0.15, -0.1) is 5.10 Å². The lowest BCUT2D eigenvalue weighted by molar-refractivity contribution is 0.457.